The normalized spacial score (nSPS) is 16.7. The number of thioether (sulfide) groups is 1. The second-order valence-corrected chi connectivity index (χ2v) is 12.1. The van der Waals surface area contributed by atoms with Crippen molar-refractivity contribution in [1.29, 1.82) is 0 Å². The third-order valence-electron chi connectivity index (χ3n) is 6.84. The lowest BCUT2D eigenvalue weighted by Crippen LogP contribution is -2.29. The zero-order chi connectivity index (χ0) is 28.8. The summed E-state index contributed by atoms with van der Waals surface area (Å²) in [6.45, 7) is 3.69. The van der Waals surface area contributed by atoms with E-state index in [-0.39, 0.29) is 27.9 Å². The number of carbonyl (C=O) groups is 2. The van der Waals surface area contributed by atoms with Crippen LogP contribution in [0.3, 0.4) is 0 Å². The van der Waals surface area contributed by atoms with Gasteiger partial charge in [-0.25, -0.2) is 4.98 Å². The summed E-state index contributed by atoms with van der Waals surface area (Å²) < 4.78 is 2.43. The molecule has 41 heavy (non-hydrogen) atoms. The van der Waals surface area contributed by atoms with Gasteiger partial charge in [0.2, 0.25) is 5.13 Å². The predicted molar refractivity (Wildman–Crippen MR) is 158 cm³/mol. The highest BCUT2D eigenvalue weighted by atomic mass is 35.5. The summed E-state index contributed by atoms with van der Waals surface area (Å²) >= 11 is 8.59. The summed E-state index contributed by atoms with van der Waals surface area (Å²) in [7, 11) is 0. The molecule has 1 aliphatic heterocycles. The van der Waals surface area contributed by atoms with Gasteiger partial charge in [-0.05, 0) is 60.9 Å². The van der Waals surface area contributed by atoms with Crippen molar-refractivity contribution in [1.82, 2.24) is 19.6 Å². The Morgan fingerprint density at radius 2 is 1.78 bits per heavy atom. The molecular weight excluding hydrogens is 582 g/mol. The van der Waals surface area contributed by atoms with Crippen LogP contribution in [0.25, 0.3) is 11.4 Å². The Balaban J connectivity index is 1.43. The van der Waals surface area contributed by atoms with Crippen molar-refractivity contribution < 1.29 is 19.8 Å². The molecule has 2 aromatic carbocycles. The molecule has 3 aromatic heterocycles. The molecule has 1 saturated heterocycles. The summed E-state index contributed by atoms with van der Waals surface area (Å²) in [5.41, 5.74) is 3.78. The second-order valence-electron chi connectivity index (χ2n) is 9.46. The topological polar surface area (TPSA) is 121 Å². The molecule has 9 nitrogen and oxygen atoms in total. The number of carbonyl (C=O) groups excluding carboxylic acids is 2. The van der Waals surface area contributed by atoms with Crippen LogP contribution in [0.1, 0.15) is 34.1 Å². The number of rotatable bonds is 6. The molecule has 1 aliphatic rings. The Hall–Kier alpha value is -4.19. The average molecular weight is 604 g/mol. The smallest absolute Gasteiger partial charge is 0.301 e. The fourth-order valence-electron chi connectivity index (χ4n) is 4.76. The van der Waals surface area contributed by atoms with Crippen molar-refractivity contribution in [3.63, 3.8) is 0 Å². The number of phenols is 1. The Bertz CT molecular complexity index is 1850. The number of benzene rings is 2. The number of aromatic hydroxyl groups is 1. The molecule has 1 fully saturated rings. The summed E-state index contributed by atoms with van der Waals surface area (Å²) in [6.07, 6.45) is 1.82. The zero-order valence-corrected chi connectivity index (χ0v) is 24.2. The highest BCUT2D eigenvalue weighted by molar-refractivity contribution is 8.00. The minimum atomic E-state index is -1.01. The minimum absolute atomic E-state index is 0.0224. The molecule has 1 unspecified atom stereocenters. The quantitative estimate of drug-likeness (QED) is 0.0787. The van der Waals surface area contributed by atoms with Gasteiger partial charge >= 0.3 is 5.91 Å². The van der Waals surface area contributed by atoms with Crippen LogP contribution in [0.15, 0.2) is 76.8 Å². The van der Waals surface area contributed by atoms with Crippen LogP contribution in [0, 0.1) is 13.8 Å². The third kappa shape index (κ3) is 4.86. The highest BCUT2D eigenvalue weighted by Gasteiger charge is 2.48. The molecule has 0 radical (unpaired) electrons. The van der Waals surface area contributed by atoms with E-state index in [2.05, 4.69) is 15.2 Å². The van der Waals surface area contributed by atoms with Gasteiger partial charge in [-0.3, -0.25) is 14.5 Å². The van der Waals surface area contributed by atoms with Gasteiger partial charge in [0.05, 0.1) is 17.3 Å². The van der Waals surface area contributed by atoms with E-state index in [1.165, 1.54) is 40.1 Å². The van der Waals surface area contributed by atoms with Gasteiger partial charge in [0, 0.05) is 17.0 Å². The van der Waals surface area contributed by atoms with Crippen molar-refractivity contribution >= 4 is 62.9 Å². The number of ketones is 1. The molecule has 0 bridgehead atoms. The first kappa shape index (κ1) is 27.0. The lowest BCUT2D eigenvalue weighted by molar-refractivity contribution is -0.132. The average Bonchev–Trinajstić information content (AvgIpc) is 3.64. The van der Waals surface area contributed by atoms with Crippen LogP contribution in [-0.4, -0.2) is 41.5 Å². The highest BCUT2D eigenvalue weighted by Crippen LogP contribution is 2.44. The molecule has 5 aromatic rings. The van der Waals surface area contributed by atoms with Crippen LogP contribution in [0.5, 0.6) is 5.75 Å². The lowest BCUT2D eigenvalue weighted by Gasteiger charge is -2.22. The van der Waals surface area contributed by atoms with E-state index in [4.69, 9.17) is 11.6 Å². The molecule has 0 saturated carbocycles. The molecule has 0 aliphatic carbocycles. The molecule has 12 heteroatoms. The number of Topliss-reactive ketones (excluding diaryl/α,β-unsaturated/α-hetero) is 1. The number of halogens is 1. The van der Waals surface area contributed by atoms with E-state index in [1.807, 2.05) is 53.9 Å². The van der Waals surface area contributed by atoms with Crippen molar-refractivity contribution in [2.24, 2.45) is 0 Å². The number of imidazole rings is 1. The lowest BCUT2D eigenvalue weighted by atomic mass is 9.96. The molecule has 1 amide bonds. The molecule has 1 atom stereocenters. The summed E-state index contributed by atoms with van der Waals surface area (Å²) in [5, 5.41) is 30.8. The fourth-order valence-corrected chi connectivity index (χ4v) is 6.71. The molecule has 4 heterocycles. The first-order valence-corrected chi connectivity index (χ1v) is 14.7. The van der Waals surface area contributed by atoms with Crippen molar-refractivity contribution in [2.45, 2.75) is 30.0 Å². The van der Waals surface area contributed by atoms with Crippen LogP contribution >= 0.6 is 34.7 Å². The maximum Gasteiger partial charge on any atom is 0.301 e. The number of nitrogens with zero attached hydrogens (tertiary/aromatic N) is 5. The number of phenolic OH excluding ortho intramolecular Hbond substituents is 1. The van der Waals surface area contributed by atoms with E-state index >= 15 is 0 Å². The Morgan fingerprint density at radius 3 is 2.49 bits per heavy atom. The number of amides is 1. The second kappa shape index (κ2) is 10.7. The van der Waals surface area contributed by atoms with Crippen molar-refractivity contribution in [3.05, 3.63) is 106 Å². The Kier molecular flexibility index (Phi) is 7.02. The molecule has 2 N–H and O–H groups in total. The maximum absolute atomic E-state index is 13.5. The summed E-state index contributed by atoms with van der Waals surface area (Å²) in [5.74, 6) is -1.45. The first-order valence-electron chi connectivity index (χ1n) is 12.5. The van der Waals surface area contributed by atoms with Gasteiger partial charge in [-0.15, -0.1) is 10.2 Å². The standard InChI is InChI=1S/C29H22ClN5O4S2/c1-15-4-3-13-34-16(2)22(31-26(15)34)24(37)21-23(18-7-11-20(36)12-8-18)35(27(39)25(21)38)28-32-33-29(41-28)40-14-17-5-9-19(30)10-6-17/h3-13,23,36-37H,14H2,1-2H3/b24-21+. The molecule has 206 valence electrons. The van der Waals surface area contributed by atoms with Gasteiger partial charge in [0.1, 0.15) is 17.1 Å². The van der Waals surface area contributed by atoms with E-state index in [0.29, 0.717) is 32.0 Å². The maximum atomic E-state index is 13.5. The van der Waals surface area contributed by atoms with Crippen LogP contribution in [-0.2, 0) is 15.3 Å². The van der Waals surface area contributed by atoms with Crippen LogP contribution in [0.4, 0.5) is 5.13 Å². The predicted octanol–water partition coefficient (Wildman–Crippen LogP) is 6.08. The Morgan fingerprint density at radius 1 is 1.05 bits per heavy atom. The number of pyridine rings is 1. The number of aliphatic hydroxyl groups excluding tert-OH is 1. The van der Waals surface area contributed by atoms with Gasteiger partial charge in [0.15, 0.2) is 10.1 Å². The molecule has 0 spiro atoms. The number of hydrogen-bond donors (Lipinski definition) is 2. The van der Waals surface area contributed by atoms with Crippen LogP contribution < -0.4 is 4.90 Å². The van der Waals surface area contributed by atoms with E-state index < -0.39 is 17.7 Å². The fraction of sp³-hybridized carbons (Fsp3) is 0.138. The summed E-state index contributed by atoms with van der Waals surface area (Å²) in [6, 6.07) is 16.3. The largest absolute Gasteiger partial charge is 0.508 e. The van der Waals surface area contributed by atoms with Gasteiger partial charge in [-0.1, -0.05) is 65.0 Å². The molecular formula is C29H22ClN5O4S2. The SMILES string of the molecule is Cc1cccn2c(C)c(/C(O)=C3\C(=O)C(=O)N(c4nnc(SCc5ccc(Cl)cc5)s4)C3c3ccc(O)cc3)nc12. The third-order valence-corrected chi connectivity index (χ3v) is 9.22. The molecule has 6 rings (SSSR count). The minimum Gasteiger partial charge on any atom is -0.508 e. The van der Waals surface area contributed by atoms with E-state index in [0.717, 1.165) is 11.1 Å². The number of fused-ring (bicyclic) bond motifs is 1. The van der Waals surface area contributed by atoms with Crippen LogP contribution in [0.2, 0.25) is 5.02 Å². The monoisotopic (exact) mass is 603 g/mol. The van der Waals surface area contributed by atoms with Gasteiger partial charge in [-0.2, -0.15) is 0 Å². The number of anilines is 1. The van der Waals surface area contributed by atoms with Gasteiger partial charge in [0.25, 0.3) is 5.78 Å². The van der Waals surface area contributed by atoms with Crippen molar-refractivity contribution in [3.8, 4) is 5.75 Å². The van der Waals surface area contributed by atoms with Crippen molar-refractivity contribution in [2.75, 3.05) is 4.90 Å². The first-order chi connectivity index (χ1) is 19.7. The van der Waals surface area contributed by atoms with E-state index in [1.54, 1.807) is 19.1 Å². The number of aryl methyl sites for hydroxylation is 2. The Labute approximate surface area is 247 Å². The summed E-state index contributed by atoms with van der Waals surface area (Å²) in [4.78, 5) is 32.9. The van der Waals surface area contributed by atoms with E-state index in [9.17, 15) is 19.8 Å². The number of aliphatic hydroxyl groups is 1. The van der Waals surface area contributed by atoms with Gasteiger partial charge < -0.3 is 14.6 Å². The number of aromatic nitrogens is 4. The number of hydrogen-bond acceptors (Lipinski definition) is 9. The zero-order valence-electron chi connectivity index (χ0n) is 21.8.